The Bertz CT molecular complexity index is 1010. The maximum atomic E-state index is 12.0. The smallest absolute Gasteiger partial charge is 0.332 e. The number of nitrogens with one attached hydrogen (secondary N) is 1. The molecule has 0 heterocycles. The standard InChI is InChI=1S/C25H21NO2/c1-2-28-25(27)19-24(21-13-7-4-8-14-21)26-23-16-10-9-15-22(23)18-17-20-11-5-3-6-12-20/h3-16,19,26H,2H2,1H3/b24-19-. The summed E-state index contributed by atoms with van der Waals surface area (Å²) in [5.74, 6) is 6.00. The second kappa shape index (κ2) is 9.80. The van der Waals surface area contributed by atoms with E-state index in [1.54, 1.807) is 6.92 Å². The van der Waals surface area contributed by atoms with Crippen LogP contribution in [-0.2, 0) is 9.53 Å². The van der Waals surface area contributed by atoms with Gasteiger partial charge in [0.1, 0.15) is 0 Å². The van der Waals surface area contributed by atoms with Crippen molar-refractivity contribution in [2.45, 2.75) is 6.92 Å². The molecule has 0 fully saturated rings. The van der Waals surface area contributed by atoms with Gasteiger partial charge in [0, 0.05) is 17.2 Å². The van der Waals surface area contributed by atoms with E-state index in [-0.39, 0.29) is 5.97 Å². The van der Waals surface area contributed by atoms with Crippen molar-refractivity contribution in [3.8, 4) is 11.8 Å². The third-order valence-electron chi connectivity index (χ3n) is 3.95. The molecular weight excluding hydrogens is 346 g/mol. The summed E-state index contributed by atoms with van der Waals surface area (Å²) >= 11 is 0. The third kappa shape index (κ3) is 5.36. The number of benzene rings is 3. The van der Waals surface area contributed by atoms with Crippen LogP contribution in [0, 0.1) is 11.8 Å². The van der Waals surface area contributed by atoms with Crippen LogP contribution in [0.15, 0.2) is 91.0 Å². The van der Waals surface area contributed by atoms with Crippen LogP contribution >= 0.6 is 0 Å². The SMILES string of the molecule is CCOC(=O)/C=C(\Nc1ccccc1C#Cc1ccccc1)c1ccccc1. The van der Waals surface area contributed by atoms with Gasteiger partial charge in [-0.15, -0.1) is 0 Å². The number of carbonyl (C=O) groups excluding carboxylic acids is 1. The van der Waals surface area contributed by atoms with Gasteiger partial charge in [-0.3, -0.25) is 0 Å². The van der Waals surface area contributed by atoms with Crippen molar-refractivity contribution in [2.75, 3.05) is 11.9 Å². The summed E-state index contributed by atoms with van der Waals surface area (Å²) in [6, 6.07) is 27.3. The molecule has 0 aliphatic heterocycles. The highest BCUT2D eigenvalue weighted by molar-refractivity contribution is 5.94. The van der Waals surface area contributed by atoms with E-state index in [9.17, 15) is 4.79 Å². The molecule has 0 aliphatic carbocycles. The molecule has 3 aromatic rings. The number of para-hydroxylation sites is 1. The zero-order chi connectivity index (χ0) is 19.6. The fourth-order valence-corrected chi connectivity index (χ4v) is 2.62. The Morgan fingerprint density at radius 2 is 1.54 bits per heavy atom. The van der Waals surface area contributed by atoms with E-state index >= 15 is 0 Å². The van der Waals surface area contributed by atoms with Crippen molar-refractivity contribution < 1.29 is 9.53 Å². The Morgan fingerprint density at radius 3 is 2.25 bits per heavy atom. The molecule has 0 bridgehead atoms. The Labute approximate surface area is 165 Å². The first-order valence-electron chi connectivity index (χ1n) is 9.13. The Balaban J connectivity index is 1.94. The van der Waals surface area contributed by atoms with Crippen LogP contribution in [0.4, 0.5) is 5.69 Å². The molecule has 138 valence electrons. The molecule has 0 aliphatic rings. The summed E-state index contributed by atoms with van der Waals surface area (Å²) in [7, 11) is 0. The molecule has 0 atom stereocenters. The number of esters is 1. The molecule has 0 saturated carbocycles. The first-order valence-corrected chi connectivity index (χ1v) is 9.13. The fraction of sp³-hybridized carbons (Fsp3) is 0.0800. The van der Waals surface area contributed by atoms with Crippen LogP contribution in [0.3, 0.4) is 0 Å². The first kappa shape index (κ1) is 19.0. The first-order chi connectivity index (χ1) is 13.8. The number of hydrogen-bond donors (Lipinski definition) is 1. The summed E-state index contributed by atoms with van der Waals surface area (Å²) in [6.07, 6.45) is 1.47. The Morgan fingerprint density at radius 1 is 0.893 bits per heavy atom. The minimum absolute atomic E-state index is 0.330. The van der Waals surface area contributed by atoms with Crippen LogP contribution in [-0.4, -0.2) is 12.6 Å². The van der Waals surface area contributed by atoms with Crippen molar-refractivity contribution in [1.82, 2.24) is 0 Å². The molecule has 1 N–H and O–H groups in total. The van der Waals surface area contributed by atoms with E-state index in [1.165, 1.54) is 6.08 Å². The van der Waals surface area contributed by atoms with Gasteiger partial charge in [-0.2, -0.15) is 0 Å². The van der Waals surface area contributed by atoms with E-state index in [0.29, 0.717) is 12.3 Å². The van der Waals surface area contributed by atoms with Crippen molar-refractivity contribution in [3.05, 3.63) is 108 Å². The molecule has 28 heavy (non-hydrogen) atoms. The molecule has 0 aromatic heterocycles. The van der Waals surface area contributed by atoms with Crippen molar-refractivity contribution in [3.63, 3.8) is 0 Å². The second-order valence-corrected chi connectivity index (χ2v) is 5.96. The van der Waals surface area contributed by atoms with Gasteiger partial charge in [0.2, 0.25) is 0 Å². The molecule has 3 aromatic carbocycles. The predicted octanol–water partition coefficient (Wildman–Crippen LogP) is 5.10. The van der Waals surface area contributed by atoms with E-state index < -0.39 is 0 Å². The molecule has 0 amide bonds. The van der Waals surface area contributed by atoms with Gasteiger partial charge in [-0.05, 0) is 36.8 Å². The highest BCUT2D eigenvalue weighted by atomic mass is 16.5. The van der Waals surface area contributed by atoms with Gasteiger partial charge in [0.05, 0.1) is 18.0 Å². The van der Waals surface area contributed by atoms with E-state index in [0.717, 1.165) is 22.4 Å². The van der Waals surface area contributed by atoms with Gasteiger partial charge in [0.25, 0.3) is 0 Å². The van der Waals surface area contributed by atoms with Crippen LogP contribution in [0.5, 0.6) is 0 Å². The van der Waals surface area contributed by atoms with Crippen LogP contribution in [0.1, 0.15) is 23.6 Å². The molecule has 3 rings (SSSR count). The molecule has 0 unspecified atom stereocenters. The molecule has 0 radical (unpaired) electrons. The summed E-state index contributed by atoms with van der Waals surface area (Å²) in [5, 5.41) is 3.35. The van der Waals surface area contributed by atoms with Crippen LogP contribution in [0.2, 0.25) is 0 Å². The number of hydrogen-bond acceptors (Lipinski definition) is 3. The monoisotopic (exact) mass is 367 g/mol. The zero-order valence-corrected chi connectivity index (χ0v) is 15.7. The second-order valence-electron chi connectivity index (χ2n) is 5.96. The Kier molecular flexibility index (Phi) is 6.65. The number of rotatable bonds is 5. The van der Waals surface area contributed by atoms with Crippen molar-refractivity contribution in [2.24, 2.45) is 0 Å². The van der Waals surface area contributed by atoms with E-state index in [4.69, 9.17) is 4.74 Å². The molecule has 3 heteroatoms. The molecular formula is C25H21NO2. The van der Waals surface area contributed by atoms with Gasteiger partial charge in [-0.25, -0.2) is 4.79 Å². The van der Waals surface area contributed by atoms with Gasteiger partial charge >= 0.3 is 5.97 Å². The summed E-state index contributed by atoms with van der Waals surface area (Å²) in [6.45, 7) is 2.12. The number of anilines is 1. The van der Waals surface area contributed by atoms with E-state index in [2.05, 4.69) is 17.2 Å². The minimum atomic E-state index is -0.387. The highest BCUT2D eigenvalue weighted by Gasteiger charge is 2.08. The maximum Gasteiger partial charge on any atom is 0.332 e. The lowest BCUT2D eigenvalue weighted by atomic mass is 10.1. The lowest BCUT2D eigenvalue weighted by Gasteiger charge is -2.13. The third-order valence-corrected chi connectivity index (χ3v) is 3.95. The van der Waals surface area contributed by atoms with Crippen molar-refractivity contribution >= 4 is 17.4 Å². The highest BCUT2D eigenvalue weighted by Crippen LogP contribution is 2.22. The van der Waals surface area contributed by atoms with Gasteiger partial charge < -0.3 is 10.1 Å². The maximum absolute atomic E-state index is 12.0. The zero-order valence-electron chi connectivity index (χ0n) is 15.7. The quantitative estimate of drug-likeness (QED) is 0.387. The molecule has 3 nitrogen and oxygen atoms in total. The van der Waals surface area contributed by atoms with Gasteiger partial charge in [-0.1, -0.05) is 72.5 Å². The normalized spacial score (nSPS) is 10.5. The summed E-state index contributed by atoms with van der Waals surface area (Å²) in [5.41, 5.74) is 4.17. The lowest BCUT2D eigenvalue weighted by molar-refractivity contribution is -0.137. The summed E-state index contributed by atoms with van der Waals surface area (Å²) < 4.78 is 5.08. The van der Waals surface area contributed by atoms with Crippen molar-refractivity contribution in [1.29, 1.82) is 0 Å². The largest absolute Gasteiger partial charge is 0.463 e. The molecule has 0 spiro atoms. The molecule has 0 saturated heterocycles. The number of ether oxygens (including phenoxy) is 1. The van der Waals surface area contributed by atoms with Gasteiger partial charge in [0.15, 0.2) is 0 Å². The lowest BCUT2D eigenvalue weighted by Crippen LogP contribution is -2.06. The average Bonchev–Trinajstić information content (AvgIpc) is 2.74. The minimum Gasteiger partial charge on any atom is -0.463 e. The number of carbonyl (C=O) groups is 1. The van der Waals surface area contributed by atoms with Crippen LogP contribution < -0.4 is 5.32 Å². The van der Waals surface area contributed by atoms with E-state index in [1.807, 2.05) is 84.9 Å². The fourth-order valence-electron chi connectivity index (χ4n) is 2.62. The topological polar surface area (TPSA) is 38.3 Å². The summed E-state index contributed by atoms with van der Waals surface area (Å²) in [4.78, 5) is 12.0. The van der Waals surface area contributed by atoms with Crippen LogP contribution in [0.25, 0.3) is 5.70 Å². The Hall–Kier alpha value is -3.77. The average molecular weight is 367 g/mol. The predicted molar refractivity (Wildman–Crippen MR) is 114 cm³/mol.